The van der Waals surface area contributed by atoms with Crippen molar-refractivity contribution in [2.75, 3.05) is 11.8 Å². The lowest BCUT2D eigenvalue weighted by molar-refractivity contribution is 0.177. The average molecular weight is 323 g/mol. The third kappa shape index (κ3) is 4.61. The van der Waals surface area contributed by atoms with Gasteiger partial charge in [-0.2, -0.15) is 8.42 Å². The Kier molecular flexibility index (Phi) is 4.76. The maximum atomic E-state index is 11.4. The molecule has 0 heterocycles. The summed E-state index contributed by atoms with van der Waals surface area (Å²) in [6.07, 6.45) is -1.05. The Bertz CT molecular complexity index is 503. The molecule has 0 unspecified atom stereocenters. The van der Waals surface area contributed by atoms with Gasteiger partial charge >= 0.3 is 16.3 Å². The van der Waals surface area contributed by atoms with E-state index in [9.17, 15) is 13.2 Å². The summed E-state index contributed by atoms with van der Waals surface area (Å²) < 4.78 is 30.9. The molecule has 0 saturated heterocycles. The Balaban J connectivity index is 2.79. The number of halogens is 1. The quantitative estimate of drug-likeness (QED) is 0.824. The Morgan fingerprint density at radius 1 is 1.47 bits per heavy atom. The van der Waals surface area contributed by atoms with Gasteiger partial charge in [0.1, 0.15) is 0 Å². The number of nitrogens with one attached hydrogen (secondary N) is 2. The number of methoxy groups -OCH3 is 1. The van der Waals surface area contributed by atoms with Gasteiger partial charge < -0.3 is 4.74 Å². The molecule has 1 rings (SSSR count). The lowest BCUT2D eigenvalue weighted by Crippen LogP contribution is -2.35. The molecule has 0 aliphatic rings. The van der Waals surface area contributed by atoms with E-state index in [0.29, 0.717) is 11.0 Å². The van der Waals surface area contributed by atoms with Crippen molar-refractivity contribution in [1.29, 1.82) is 0 Å². The summed E-state index contributed by atoms with van der Waals surface area (Å²) in [5.41, 5.74) is 1.27. The first kappa shape index (κ1) is 13.8. The molecule has 1 aromatic rings. The Morgan fingerprint density at radius 3 is 2.76 bits per heavy atom. The molecule has 0 fully saturated rings. The van der Waals surface area contributed by atoms with Crippen molar-refractivity contribution in [2.24, 2.45) is 0 Å². The molecule has 6 nitrogen and oxygen atoms in total. The number of hydrogen-bond acceptors (Lipinski definition) is 4. The van der Waals surface area contributed by atoms with Crippen LogP contribution in [0.1, 0.15) is 5.56 Å². The maximum absolute atomic E-state index is 11.4. The molecule has 2 N–H and O–H groups in total. The Hall–Kier alpha value is -1.28. The number of benzene rings is 1. The van der Waals surface area contributed by atoms with Crippen molar-refractivity contribution in [1.82, 2.24) is 4.72 Å². The van der Waals surface area contributed by atoms with Crippen LogP contribution in [0.3, 0.4) is 0 Å². The molecule has 0 saturated carbocycles. The van der Waals surface area contributed by atoms with E-state index in [1.807, 2.05) is 6.07 Å². The second kappa shape index (κ2) is 5.87. The van der Waals surface area contributed by atoms with Gasteiger partial charge in [-0.25, -0.2) is 9.52 Å². The molecular weight excluding hydrogens is 312 g/mol. The fourth-order valence-corrected chi connectivity index (χ4v) is 2.19. The van der Waals surface area contributed by atoms with Crippen LogP contribution >= 0.6 is 15.9 Å². The van der Waals surface area contributed by atoms with E-state index < -0.39 is 16.3 Å². The van der Waals surface area contributed by atoms with Gasteiger partial charge in [0.2, 0.25) is 0 Å². The van der Waals surface area contributed by atoms with Crippen molar-refractivity contribution in [3.63, 3.8) is 0 Å². The van der Waals surface area contributed by atoms with Crippen LogP contribution in [-0.4, -0.2) is 21.6 Å². The molecule has 0 aliphatic heterocycles. The number of amides is 1. The van der Waals surface area contributed by atoms with Crippen molar-refractivity contribution in [3.8, 4) is 0 Å². The summed E-state index contributed by atoms with van der Waals surface area (Å²) in [6.45, 7) is 0. The monoisotopic (exact) mass is 322 g/mol. The fourth-order valence-electron chi connectivity index (χ4n) is 1.05. The van der Waals surface area contributed by atoms with Crippen molar-refractivity contribution < 1.29 is 17.9 Å². The van der Waals surface area contributed by atoms with Crippen LogP contribution in [-0.2, 0) is 20.3 Å². The summed E-state index contributed by atoms with van der Waals surface area (Å²) >= 11 is 3.26. The van der Waals surface area contributed by atoms with Crippen LogP contribution in [0, 0.1) is 0 Å². The highest BCUT2D eigenvalue weighted by Crippen LogP contribution is 2.13. The number of anilines is 1. The van der Waals surface area contributed by atoms with E-state index in [-0.39, 0.29) is 0 Å². The number of hydrogen-bond donors (Lipinski definition) is 2. The van der Waals surface area contributed by atoms with Gasteiger partial charge in [-0.05, 0) is 17.7 Å². The molecule has 1 amide bonds. The minimum absolute atomic E-state index is 0.360. The zero-order valence-corrected chi connectivity index (χ0v) is 11.3. The molecule has 0 radical (unpaired) electrons. The molecule has 8 heteroatoms. The van der Waals surface area contributed by atoms with Gasteiger partial charge in [-0.3, -0.25) is 4.72 Å². The van der Waals surface area contributed by atoms with Crippen LogP contribution in [0.15, 0.2) is 24.3 Å². The van der Waals surface area contributed by atoms with Crippen molar-refractivity contribution in [3.05, 3.63) is 29.8 Å². The highest BCUT2D eigenvalue weighted by Gasteiger charge is 2.14. The third-order valence-corrected chi connectivity index (χ3v) is 3.32. The van der Waals surface area contributed by atoms with Crippen molar-refractivity contribution >= 4 is 37.9 Å². The van der Waals surface area contributed by atoms with E-state index in [2.05, 4.69) is 25.4 Å². The minimum atomic E-state index is -3.96. The smallest absolute Gasteiger partial charge is 0.422 e. The standard InChI is InChI=1S/C9H11BrN2O4S/c1-16-9(13)12-17(14,15)11-8-4-2-3-7(5-8)6-10/h2-5,11H,6H2,1H3,(H,12,13). The van der Waals surface area contributed by atoms with Crippen LogP contribution in [0.5, 0.6) is 0 Å². The highest BCUT2D eigenvalue weighted by atomic mass is 79.9. The number of carbonyl (C=O) groups excluding carboxylic acids is 1. The zero-order chi connectivity index (χ0) is 12.9. The van der Waals surface area contributed by atoms with Gasteiger partial charge in [0.15, 0.2) is 0 Å². The number of ether oxygens (including phenoxy) is 1. The van der Waals surface area contributed by atoms with Gasteiger partial charge in [-0.15, -0.1) is 0 Å². The predicted molar refractivity (Wildman–Crippen MR) is 67.2 cm³/mol. The Morgan fingerprint density at radius 2 is 2.18 bits per heavy atom. The summed E-state index contributed by atoms with van der Waals surface area (Å²) in [5.74, 6) is 0. The maximum Gasteiger partial charge on any atom is 0.422 e. The Labute approximate surface area is 108 Å². The van der Waals surface area contributed by atoms with Crippen LogP contribution in [0.2, 0.25) is 0 Å². The highest BCUT2D eigenvalue weighted by molar-refractivity contribution is 9.08. The predicted octanol–water partition coefficient (Wildman–Crippen LogP) is 1.59. The lowest BCUT2D eigenvalue weighted by Gasteiger charge is -2.09. The second-order valence-electron chi connectivity index (χ2n) is 3.03. The van der Waals surface area contributed by atoms with Crippen molar-refractivity contribution in [2.45, 2.75) is 5.33 Å². The van der Waals surface area contributed by atoms with E-state index in [1.54, 1.807) is 22.9 Å². The van der Waals surface area contributed by atoms with Crippen LogP contribution in [0.25, 0.3) is 0 Å². The number of alkyl halides is 1. The lowest BCUT2D eigenvalue weighted by atomic mass is 10.2. The van der Waals surface area contributed by atoms with Crippen LogP contribution in [0.4, 0.5) is 10.5 Å². The molecular formula is C9H11BrN2O4S. The number of carbonyl (C=O) groups is 1. The topological polar surface area (TPSA) is 84.5 Å². The van der Waals surface area contributed by atoms with E-state index >= 15 is 0 Å². The number of rotatable bonds is 4. The molecule has 17 heavy (non-hydrogen) atoms. The first-order valence-corrected chi connectivity index (χ1v) is 7.10. The SMILES string of the molecule is COC(=O)NS(=O)(=O)Nc1cccc(CBr)c1. The summed E-state index contributed by atoms with van der Waals surface area (Å²) in [6, 6.07) is 6.75. The molecule has 0 atom stereocenters. The molecule has 1 aromatic carbocycles. The molecule has 0 spiro atoms. The van der Waals surface area contributed by atoms with Gasteiger partial charge in [-0.1, -0.05) is 28.1 Å². The average Bonchev–Trinajstić information content (AvgIpc) is 2.27. The molecule has 0 aliphatic carbocycles. The van der Waals surface area contributed by atoms with E-state index in [4.69, 9.17) is 0 Å². The van der Waals surface area contributed by atoms with Gasteiger partial charge in [0.05, 0.1) is 12.8 Å². The summed E-state index contributed by atoms with van der Waals surface area (Å²) in [4.78, 5) is 10.8. The molecule has 0 bridgehead atoms. The fraction of sp³-hybridized carbons (Fsp3) is 0.222. The van der Waals surface area contributed by atoms with E-state index in [0.717, 1.165) is 12.7 Å². The van der Waals surface area contributed by atoms with Gasteiger partial charge in [0.25, 0.3) is 0 Å². The zero-order valence-electron chi connectivity index (χ0n) is 8.94. The van der Waals surface area contributed by atoms with Gasteiger partial charge in [0, 0.05) is 5.33 Å². The minimum Gasteiger partial charge on any atom is -0.452 e. The van der Waals surface area contributed by atoms with Crippen LogP contribution < -0.4 is 9.44 Å². The largest absolute Gasteiger partial charge is 0.452 e. The third-order valence-electron chi connectivity index (χ3n) is 1.74. The summed E-state index contributed by atoms with van der Waals surface area (Å²) in [7, 11) is -2.88. The first-order valence-electron chi connectivity index (χ1n) is 4.50. The normalized spacial score (nSPS) is 10.7. The van der Waals surface area contributed by atoms with E-state index in [1.165, 1.54) is 0 Å². The first-order chi connectivity index (χ1) is 7.96. The molecule has 94 valence electrons. The summed E-state index contributed by atoms with van der Waals surface area (Å²) in [5, 5.41) is 0.604. The second-order valence-corrected chi connectivity index (χ2v) is 5.01. The molecule has 0 aromatic heterocycles.